The first-order valence-corrected chi connectivity index (χ1v) is 7.89. The number of hydrogen-bond acceptors (Lipinski definition) is 7. The normalized spacial score (nSPS) is 10.4. The number of nitro benzene ring substituents is 1. The third-order valence-corrected chi connectivity index (χ3v) is 3.22. The zero-order chi connectivity index (χ0) is 18.7. The van der Waals surface area contributed by atoms with E-state index in [9.17, 15) is 14.9 Å². The second-order valence-corrected chi connectivity index (χ2v) is 4.92. The van der Waals surface area contributed by atoms with Crippen molar-refractivity contribution in [3.05, 3.63) is 27.8 Å². The van der Waals surface area contributed by atoms with Crippen molar-refractivity contribution in [3.63, 3.8) is 0 Å². The van der Waals surface area contributed by atoms with E-state index in [1.54, 1.807) is 0 Å². The van der Waals surface area contributed by atoms with Crippen molar-refractivity contribution >= 4 is 11.6 Å². The third-order valence-electron chi connectivity index (χ3n) is 3.22. The minimum atomic E-state index is -0.627. The SMILES string of the molecule is CCOCCCNC(=O)c1cc(OC)c(OCCOC)cc1[N+](=O)[O-]. The molecule has 1 N–H and O–H groups in total. The predicted molar refractivity (Wildman–Crippen MR) is 90.5 cm³/mol. The zero-order valence-corrected chi connectivity index (χ0v) is 14.7. The predicted octanol–water partition coefficient (Wildman–Crippen LogP) is 1.79. The molecule has 1 amide bonds. The van der Waals surface area contributed by atoms with Crippen LogP contribution < -0.4 is 14.8 Å². The average Bonchev–Trinajstić information content (AvgIpc) is 2.61. The molecule has 1 aromatic carbocycles. The summed E-state index contributed by atoms with van der Waals surface area (Å²) in [5.41, 5.74) is -0.437. The first-order valence-electron chi connectivity index (χ1n) is 7.89. The first-order chi connectivity index (χ1) is 12.0. The van der Waals surface area contributed by atoms with Crippen molar-refractivity contribution in [1.82, 2.24) is 5.32 Å². The second-order valence-electron chi connectivity index (χ2n) is 4.92. The van der Waals surface area contributed by atoms with E-state index in [4.69, 9.17) is 18.9 Å². The quantitative estimate of drug-likeness (QED) is 0.345. The molecule has 1 aromatic rings. The van der Waals surface area contributed by atoms with E-state index in [0.29, 0.717) is 32.8 Å². The maximum Gasteiger partial charge on any atom is 0.286 e. The van der Waals surface area contributed by atoms with Gasteiger partial charge < -0.3 is 24.3 Å². The van der Waals surface area contributed by atoms with Gasteiger partial charge in [-0.2, -0.15) is 0 Å². The van der Waals surface area contributed by atoms with Gasteiger partial charge >= 0.3 is 0 Å². The molecule has 0 radical (unpaired) electrons. The van der Waals surface area contributed by atoms with Crippen molar-refractivity contribution in [2.75, 3.05) is 47.2 Å². The van der Waals surface area contributed by atoms with Crippen molar-refractivity contribution in [1.29, 1.82) is 0 Å². The Labute approximate surface area is 146 Å². The first kappa shape index (κ1) is 20.7. The smallest absolute Gasteiger partial charge is 0.286 e. The number of nitrogens with one attached hydrogen (secondary N) is 1. The van der Waals surface area contributed by atoms with E-state index in [-0.39, 0.29) is 29.4 Å². The summed E-state index contributed by atoms with van der Waals surface area (Å²) >= 11 is 0. The van der Waals surface area contributed by atoms with Gasteiger partial charge in [-0.25, -0.2) is 0 Å². The fourth-order valence-corrected chi connectivity index (χ4v) is 2.01. The Morgan fingerprint density at radius 1 is 1.20 bits per heavy atom. The average molecular weight is 356 g/mol. The maximum absolute atomic E-state index is 12.3. The van der Waals surface area contributed by atoms with Crippen molar-refractivity contribution < 1.29 is 28.7 Å². The summed E-state index contributed by atoms with van der Waals surface area (Å²) in [6.07, 6.45) is 0.614. The Hall–Kier alpha value is -2.39. The number of ether oxygens (including phenoxy) is 4. The highest BCUT2D eigenvalue weighted by molar-refractivity contribution is 5.99. The largest absolute Gasteiger partial charge is 0.493 e. The summed E-state index contributed by atoms with van der Waals surface area (Å²) in [6, 6.07) is 2.49. The van der Waals surface area contributed by atoms with Crippen LogP contribution in [0.2, 0.25) is 0 Å². The molecule has 25 heavy (non-hydrogen) atoms. The van der Waals surface area contributed by atoms with E-state index < -0.39 is 10.8 Å². The van der Waals surface area contributed by atoms with E-state index in [2.05, 4.69) is 5.32 Å². The van der Waals surface area contributed by atoms with Crippen LogP contribution in [0.15, 0.2) is 12.1 Å². The van der Waals surface area contributed by atoms with Gasteiger partial charge in [0.2, 0.25) is 0 Å². The van der Waals surface area contributed by atoms with Gasteiger partial charge in [0.15, 0.2) is 11.5 Å². The van der Waals surface area contributed by atoms with Gasteiger partial charge in [-0.1, -0.05) is 0 Å². The van der Waals surface area contributed by atoms with Gasteiger partial charge in [0, 0.05) is 32.9 Å². The highest BCUT2D eigenvalue weighted by Gasteiger charge is 2.24. The van der Waals surface area contributed by atoms with E-state index in [1.165, 1.54) is 26.4 Å². The number of nitro groups is 1. The van der Waals surface area contributed by atoms with Crippen LogP contribution in [-0.2, 0) is 9.47 Å². The molecular formula is C16H24N2O7. The van der Waals surface area contributed by atoms with Gasteiger partial charge in [-0.15, -0.1) is 0 Å². The van der Waals surface area contributed by atoms with Crippen LogP contribution in [0.4, 0.5) is 5.69 Å². The lowest BCUT2D eigenvalue weighted by Gasteiger charge is -2.13. The minimum absolute atomic E-state index is 0.0858. The van der Waals surface area contributed by atoms with Crippen molar-refractivity contribution in [2.24, 2.45) is 0 Å². The molecule has 1 rings (SSSR count). The molecule has 0 spiro atoms. The molecule has 0 aliphatic carbocycles. The number of benzene rings is 1. The molecule has 0 aromatic heterocycles. The van der Waals surface area contributed by atoms with Crippen LogP contribution in [0.25, 0.3) is 0 Å². The molecule has 140 valence electrons. The fraction of sp³-hybridized carbons (Fsp3) is 0.562. The standard InChI is InChI=1S/C16H24N2O7/c1-4-24-7-5-6-17-16(19)12-10-14(23-3)15(25-9-8-22-2)11-13(12)18(20)21/h10-11H,4-9H2,1-3H3,(H,17,19). The molecule has 9 nitrogen and oxygen atoms in total. The Kier molecular flexibility index (Phi) is 9.26. The van der Waals surface area contributed by atoms with E-state index in [0.717, 1.165) is 0 Å². The molecule has 0 atom stereocenters. The molecule has 0 unspecified atom stereocenters. The number of nitrogens with zero attached hydrogens (tertiary/aromatic N) is 1. The van der Waals surface area contributed by atoms with Gasteiger partial charge in [-0.05, 0) is 13.3 Å². The highest BCUT2D eigenvalue weighted by Crippen LogP contribution is 2.34. The molecule has 0 saturated carbocycles. The van der Waals surface area contributed by atoms with Gasteiger partial charge in [-0.3, -0.25) is 14.9 Å². The minimum Gasteiger partial charge on any atom is -0.493 e. The summed E-state index contributed by atoms with van der Waals surface area (Å²) in [7, 11) is 2.91. The monoisotopic (exact) mass is 356 g/mol. The molecule has 0 heterocycles. The Morgan fingerprint density at radius 2 is 1.96 bits per heavy atom. The summed E-state index contributed by atoms with van der Waals surface area (Å²) in [6.45, 7) is 3.86. The summed E-state index contributed by atoms with van der Waals surface area (Å²) in [5, 5.41) is 13.9. The summed E-state index contributed by atoms with van der Waals surface area (Å²) < 4.78 is 20.6. The Bertz CT molecular complexity index is 578. The maximum atomic E-state index is 12.3. The number of methoxy groups -OCH3 is 2. The lowest BCUT2D eigenvalue weighted by molar-refractivity contribution is -0.385. The van der Waals surface area contributed by atoms with Crippen molar-refractivity contribution in [3.8, 4) is 11.5 Å². The van der Waals surface area contributed by atoms with Crippen LogP contribution in [0.3, 0.4) is 0 Å². The van der Waals surface area contributed by atoms with E-state index in [1.807, 2.05) is 6.92 Å². The lowest BCUT2D eigenvalue weighted by Crippen LogP contribution is -2.26. The summed E-state index contributed by atoms with van der Waals surface area (Å²) in [5.74, 6) is -0.134. The molecule has 0 aliphatic heterocycles. The van der Waals surface area contributed by atoms with Gasteiger partial charge in [0.05, 0.1) is 24.7 Å². The fourth-order valence-electron chi connectivity index (χ4n) is 2.01. The number of rotatable bonds is 12. The van der Waals surface area contributed by atoms with Crippen LogP contribution in [-0.4, -0.2) is 58.0 Å². The lowest BCUT2D eigenvalue weighted by atomic mass is 10.1. The second kappa shape index (κ2) is 11.2. The third kappa shape index (κ3) is 6.55. The topological polar surface area (TPSA) is 109 Å². The number of carbonyl (C=O) groups excluding carboxylic acids is 1. The van der Waals surface area contributed by atoms with Crippen LogP contribution >= 0.6 is 0 Å². The van der Waals surface area contributed by atoms with Crippen LogP contribution in [0.5, 0.6) is 11.5 Å². The summed E-state index contributed by atoms with van der Waals surface area (Å²) in [4.78, 5) is 23.0. The number of amides is 1. The Balaban J connectivity index is 2.92. The molecule has 0 fully saturated rings. The van der Waals surface area contributed by atoms with Gasteiger partial charge in [0.25, 0.3) is 11.6 Å². The number of carbonyl (C=O) groups is 1. The molecule has 0 aliphatic rings. The van der Waals surface area contributed by atoms with Crippen LogP contribution in [0, 0.1) is 10.1 Å². The molecule has 0 bridgehead atoms. The van der Waals surface area contributed by atoms with Gasteiger partial charge in [0.1, 0.15) is 12.2 Å². The zero-order valence-electron chi connectivity index (χ0n) is 14.7. The molecule has 0 saturated heterocycles. The Morgan fingerprint density at radius 3 is 2.56 bits per heavy atom. The van der Waals surface area contributed by atoms with E-state index >= 15 is 0 Å². The highest BCUT2D eigenvalue weighted by atomic mass is 16.6. The van der Waals surface area contributed by atoms with Crippen molar-refractivity contribution in [2.45, 2.75) is 13.3 Å². The molecular weight excluding hydrogens is 332 g/mol. The van der Waals surface area contributed by atoms with Crippen LogP contribution in [0.1, 0.15) is 23.7 Å². The number of hydrogen-bond donors (Lipinski definition) is 1. The molecule has 9 heteroatoms.